The third kappa shape index (κ3) is 1.74. The van der Waals surface area contributed by atoms with Crippen LogP contribution >= 0.6 is 0 Å². The maximum Gasteiger partial charge on any atom is 0.311 e. The molecule has 0 spiro atoms. The molecule has 92 valence electrons. The predicted octanol–water partition coefficient (Wildman–Crippen LogP) is 0.783. The summed E-state index contributed by atoms with van der Waals surface area (Å²) >= 11 is 0. The van der Waals surface area contributed by atoms with Crippen molar-refractivity contribution in [1.82, 2.24) is 4.90 Å². The molecule has 0 saturated carbocycles. The highest BCUT2D eigenvalue weighted by Crippen LogP contribution is 2.43. The number of rotatable bonds is 2. The first-order valence-electron chi connectivity index (χ1n) is 6.00. The van der Waals surface area contributed by atoms with E-state index in [1.807, 2.05) is 0 Å². The predicted molar refractivity (Wildman–Crippen MR) is 59.9 cm³/mol. The monoisotopic (exact) mass is 227 g/mol. The molecule has 0 radical (unpaired) electrons. The number of esters is 1. The van der Waals surface area contributed by atoms with Crippen LogP contribution in [-0.4, -0.2) is 47.8 Å². The Hall–Kier alpha value is -0.610. The molecule has 4 heteroatoms. The third-order valence-electron chi connectivity index (χ3n) is 4.52. The van der Waals surface area contributed by atoms with E-state index in [1.54, 1.807) is 6.92 Å². The van der Waals surface area contributed by atoms with Crippen LogP contribution in [0.4, 0.5) is 0 Å². The zero-order valence-electron chi connectivity index (χ0n) is 10.3. The highest BCUT2D eigenvalue weighted by Gasteiger charge is 2.50. The van der Waals surface area contributed by atoms with Gasteiger partial charge in [-0.1, -0.05) is 0 Å². The molecule has 2 rings (SSSR count). The average molecular weight is 227 g/mol. The molecule has 2 heterocycles. The maximum absolute atomic E-state index is 11.5. The molecular formula is C12H21NO3. The number of carbonyl (C=O) groups excluding carboxylic acids is 1. The molecule has 4 nitrogen and oxygen atoms in total. The van der Waals surface area contributed by atoms with E-state index in [2.05, 4.69) is 11.9 Å². The number of hydrogen-bond acceptors (Lipinski definition) is 4. The van der Waals surface area contributed by atoms with E-state index in [0.29, 0.717) is 24.9 Å². The van der Waals surface area contributed by atoms with Gasteiger partial charge in [0.15, 0.2) is 0 Å². The molecule has 2 bridgehead atoms. The molecule has 2 saturated heterocycles. The Bertz CT molecular complexity index is 278. The summed E-state index contributed by atoms with van der Waals surface area (Å²) in [7, 11) is 3.50. The van der Waals surface area contributed by atoms with Gasteiger partial charge in [0.05, 0.1) is 18.6 Å². The van der Waals surface area contributed by atoms with Crippen molar-refractivity contribution in [2.75, 3.05) is 14.2 Å². The van der Waals surface area contributed by atoms with Gasteiger partial charge >= 0.3 is 5.97 Å². The van der Waals surface area contributed by atoms with Crippen molar-refractivity contribution in [2.24, 2.45) is 5.92 Å². The fraction of sp³-hybridized carbons (Fsp3) is 0.917. The summed E-state index contributed by atoms with van der Waals surface area (Å²) in [4.78, 5) is 13.9. The summed E-state index contributed by atoms with van der Waals surface area (Å²) in [5.74, 6) is -0.722. The number of nitrogens with zero attached hydrogens (tertiary/aromatic N) is 1. The molecule has 2 fully saturated rings. The number of methoxy groups -OCH3 is 1. The lowest BCUT2D eigenvalue weighted by Gasteiger charge is -2.44. The average Bonchev–Trinajstić information content (AvgIpc) is 2.52. The van der Waals surface area contributed by atoms with Gasteiger partial charge in [-0.05, 0) is 39.7 Å². The van der Waals surface area contributed by atoms with Gasteiger partial charge in [-0.25, -0.2) is 0 Å². The van der Waals surface area contributed by atoms with E-state index < -0.39 is 11.5 Å². The lowest BCUT2D eigenvalue weighted by molar-refractivity contribution is -0.160. The molecule has 2 aliphatic heterocycles. The van der Waals surface area contributed by atoms with Crippen LogP contribution in [-0.2, 0) is 9.53 Å². The number of piperidine rings is 1. The Balaban J connectivity index is 2.13. The summed E-state index contributed by atoms with van der Waals surface area (Å²) in [6, 6.07) is 0.853. The summed E-state index contributed by atoms with van der Waals surface area (Å²) in [5.41, 5.74) is -0.870. The fourth-order valence-electron chi connectivity index (χ4n) is 3.23. The molecular weight excluding hydrogens is 206 g/mol. The van der Waals surface area contributed by atoms with Crippen molar-refractivity contribution in [2.45, 2.75) is 50.3 Å². The summed E-state index contributed by atoms with van der Waals surface area (Å²) in [6.45, 7) is 1.77. The third-order valence-corrected chi connectivity index (χ3v) is 4.52. The van der Waals surface area contributed by atoms with Crippen molar-refractivity contribution in [1.29, 1.82) is 0 Å². The second-order valence-electron chi connectivity index (χ2n) is 5.31. The first-order valence-corrected chi connectivity index (χ1v) is 6.00. The number of carbonyl (C=O) groups is 1. The zero-order valence-corrected chi connectivity index (χ0v) is 10.3. The zero-order chi connectivity index (χ0) is 11.9. The van der Waals surface area contributed by atoms with Gasteiger partial charge in [-0.2, -0.15) is 0 Å². The van der Waals surface area contributed by atoms with E-state index >= 15 is 0 Å². The van der Waals surface area contributed by atoms with Gasteiger partial charge in [-0.15, -0.1) is 0 Å². The van der Waals surface area contributed by atoms with Crippen molar-refractivity contribution >= 4 is 5.97 Å². The van der Waals surface area contributed by atoms with Crippen LogP contribution in [0.5, 0.6) is 0 Å². The summed E-state index contributed by atoms with van der Waals surface area (Å²) in [5, 5.41) is 10.6. The van der Waals surface area contributed by atoms with Crippen molar-refractivity contribution < 1.29 is 14.6 Å². The van der Waals surface area contributed by atoms with Crippen LogP contribution in [0.1, 0.15) is 32.6 Å². The van der Waals surface area contributed by atoms with E-state index in [9.17, 15) is 9.90 Å². The quantitative estimate of drug-likeness (QED) is 0.708. The van der Waals surface area contributed by atoms with Crippen molar-refractivity contribution in [3.8, 4) is 0 Å². The van der Waals surface area contributed by atoms with E-state index in [4.69, 9.17) is 4.74 Å². The van der Waals surface area contributed by atoms with Crippen molar-refractivity contribution in [3.63, 3.8) is 0 Å². The summed E-state index contributed by atoms with van der Waals surface area (Å²) < 4.78 is 4.74. The number of ether oxygens (including phenoxy) is 1. The molecule has 0 aromatic carbocycles. The Labute approximate surface area is 96.6 Å². The SMILES string of the molecule is COC(=O)C(C)C1(O)CC2CCC(C1)N2C. The highest BCUT2D eigenvalue weighted by molar-refractivity contribution is 5.73. The van der Waals surface area contributed by atoms with Gasteiger partial charge in [0.25, 0.3) is 0 Å². The largest absolute Gasteiger partial charge is 0.469 e. The first kappa shape index (κ1) is 11.9. The Morgan fingerprint density at radius 3 is 2.38 bits per heavy atom. The van der Waals surface area contributed by atoms with E-state index in [1.165, 1.54) is 7.11 Å². The van der Waals surface area contributed by atoms with Gasteiger partial charge < -0.3 is 14.7 Å². The van der Waals surface area contributed by atoms with Gasteiger partial charge in [0.2, 0.25) is 0 Å². The highest BCUT2D eigenvalue weighted by atomic mass is 16.5. The molecule has 3 unspecified atom stereocenters. The van der Waals surface area contributed by atoms with E-state index in [0.717, 1.165) is 12.8 Å². The maximum atomic E-state index is 11.5. The molecule has 0 aliphatic carbocycles. The minimum atomic E-state index is -0.870. The van der Waals surface area contributed by atoms with Gasteiger partial charge in [-0.3, -0.25) is 4.79 Å². The normalized spacial score (nSPS) is 40.8. The molecule has 2 aliphatic rings. The first-order chi connectivity index (χ1) is 7.48. The van der Waals surface area contributed by atoms with Crippen LogP contribution in [0, 0.1) is 5.92 Å². The van der Waals surface area contributed by atoms with Crippen molar-refractivity contribution in [3.05, 3.63) is 0 Å². The van der Waals surface area contributed by atoms with Crippen LogP contribution in [0.2, 0.25) is 0 Å². The topological polar surface area (TPSA) is 49.8 Å². The smallest absolute Gasteiger partial charge is 0.311 e. The lowest BCUT2D eigenvalue weighted by atomic mass is 9.77. The van der Waals surface area contributed by atoms with Crippen LogP contribution in [0.15, 0.2) is 0 Å². The number of fused-ring (bicyclic) bond motifs is 2. The van der Waals surface area contributed by atoms with E-state index in [-0.39, 0.29) is 5.97 Å². The molecule has 3 atom stereocenters. The van der Waals surface area contributed by atoms with Gasteiger partial charge in [0.1, 0.15) is 0 Å². The van der Waals surface area contributed by atoms with Crippen LogP contribution in [0.25, 0.3) is 0 Å². The molecule has 0 aromatic heterocycles. The Morgan fingerprint density at radius 1 is 1.44 bits per heavy atom. The lowest BCUT2D eigenvalue weighted by Crippen LogP contribution is -2.54. The number of aliphatic hydroxyl groups is 1. The van der Waals surface area contributed by atoms with Crippen LogP contribution in [0.3, 0.4) is 0 Å². The molecule has 1 N–H and O–H groups in total. The van der Waals surface area contributed by atoms with Crippen LogP contribution < -0.4 is 0 Å². The Morgan fingerprint density at radius 2 is 1.94 bits per heavy atom. The second-order valence-corrected chi connectivity index (χ2v) is 5.31. The minimum Gasteiger partial charge on any atom is -0.469 e. The summed E-state index contributed by atoms with van der Waals surface area (Å²) in [6.07, 6.45) is 3.65. The Kier molecular flexibility index (Phi) is 2.97. The number of hydrogen-bond donors (Lipinski definition) is 1. The molecule has 16 heavy (non-hydrogen) atoms. The molecule has 0 aromatic rings. The fourth-order valence-corrected chi connectivity index (χ4v) is 3.23. The second kappa shape index (κ2) is 4.00. The standard InChI is InChI=1S/C12H21NO3/c1-8(11(14)16-3)12(15)6-9-4-5-10(7-12)13(9)2/h8-10,15H,4-7H2,1-3H3. The minimum absolute atomic E-state index is 0.300. The molecule has 0 amide bonds. The van der Waals surface area contributed by atoms with Gasteiger partial charge in [0, 0.05) is 12.1 Å².